The first-order chi connectivity index (χ1) is 7.13. The molecule has 0 saturated carbocycles. The van der Waals surface area contributed by atoms with Crippen LogP contribution in [-0.4, -0.2) is 13.2 Å². The van der Waals surface area contributed by atoms with E-state index in [1.807, 2.05) is 24.3 Å². The van der Waals surface area contributed by atoms with Crippen LogP contribution in [0.5, 0.6) is 0 Å². The number of halogens is 1. The van der Waals surface area contributed by atoms with E-state index in [1.54, 1.807) is 0 Å². The molecule has 1 unspecified atom stereocenters. The Balaban J connectivity index is 2.65. The third-order valence-corrected chi connectivity index (χ3v) is 2.30. The molecule has 0 amide bonds. The summed E-state index contributed by atoms with van der Waals surface area (Å²) >= 11 is 5.91. The fourth-order valence-corrected chi connectivity index (χ4v) is 1.51. The minimum Gasteiger partial charge on any atom is -0.372 e. The lowest BCUT2D eigenvalue weighted by atomic mass is 10.1. The first-order valence-electron chi connectivity index (χ1n) is 5.20. The summed E-state index contributed by atoms with van der Waals surface area (Å²) in [4.78, 5) is 0. The van der Waals surface area contributed by atoms with Gasteiger partial charge in [-0.2, -0.15) is 0 Å². The molecular weight excluding hydrogens is 210 g/mol. The third kappa shape index (κ3) is 4.20. The molecule has 1 aromatic rings. The van der Waals surface area contributed by atoms with Crippen LogP contribution in [-0.2, 0) is 4.74 Å². The second-order valence-electron chi connectivity index (χ2n) is 4.01. The van der Waals surface area contributed by atoms with Crippen molar-refractivity contribution in [3.05, 3.63) is 34.9 Å². The molecule has 3 heteroatoms. The normalized spacial score (nSPS) is 13.1. The van der Waals surface area contributed by atoms with Crippen molar-refractivity contribution in [2.45, 2.75) is 20.0 Å². The van der Waals surface area contributed by atoms with Gasteiger partial charge in [0.05, 0.1) is 6.10 Å². The highest BCUT2D eigenvalue weighted by atomic mass is 35.5. The van der Waals surface area contributed by atoms with Crippen molar-refractivity contribution in [1.82, 2.24) is 0 Å². The van der Waals surface area contributed by atoms with E-state index >= 15 is 0 Å². The van der Waals surface area contributed by atoms with E-state index < -0.39 is 0 Å². The second-order valence-corrected chi connectivity index (χ2v) is 4.44. The first-order valence-corrected chi connectivity index (χ1v) is 5.58. The Hall–Kier alpha value is -0.570. The Bertz CT molecular complexity index is 301. The largest absolute Gasteiger partial charge is 0.372 e. The zero-order valence-corrected chi connectivity index (χ0v) is 10.00. The molecular formula is C12H18ClNO. The van der Waals surface area contributed by atoms with Crippen molar-refractivity contribution in [2.75, 3.05) is 13.2 Å². The number of benzene rings is 1. The van der Waals surface area contributed by atoms with Gasteiger partial charge in [0, 0.05) is 18.2 Å². The van der Waals surface area contributed by atoms with Gasteiger partial charge in [-0.25, -0.2) is 0 Å². The molecule has 0 aliphatic heterocycles. The predicted molar refractivity (Wildman–Crippen MR) is 64.0 cm³/mol. The van der Waals surface area contributed by atoms with Crippen LogP contribution in [0.4, 0.5) is 0 Å². The van der Waals surface area contributed by atoms with Gasteiger partial charge in [0.15, 0.2) is 0 Å². The molecule has 0 aliphatic rings. The number of hydrogen-bond acceptors (Lipinski definition) is 2. The number of rotatable bonds is 5. The monoisotopic (exact) mass is 227 g/mol. The molecule has 0 bridgehead atoms. The lowest BCUT2D eigenvalue weighted by Gasteiger charge is -2.18. The molecule has 2 nitrogen and oxygen atoms in total. The average molecular weight is 228 g/mol. The van der Waals surface area contributed by atoms with Gasteiger partial charge in [-0.05, 0) is 23.6 Å². The molecule has 2 N–H and O–H groups in total. The Morgan fingerprint density at radius 2 is 2.13 bits per heavy atom. The summed E-state index contributed by atoms with van der Waals surface area (Å²) in [7, 11) is 0. The van der Waals surface area contributed by atoms with E-state index in [0.29, 0.717) is 19.1 Å². The molecule has 15 heavy (non-hydrogen) atoms. The van der Waals surface area contributed by atoms with E-state index in [1.165, 1.54) is 0 Å². The van der Waals surface area contributed by atoms with Crippen molar-refractivity contribution in [1.29, 1.82) is 0 Å². The summed E-state index contributed by atoms with van der Waals surface area (Å²) < 4.78 is 5.71. The van der Waals surface area contributed by atoms with Crippen LogP contribution in [0.25, 0.3) is 0 Å². The molecule has 0 aliphatic carbocycles. The van der Waals surface area contributed by atoms with Crippen molar-refractivity contribution in [2.24, 2.45) is 11.7 Å². The summed E-state index contributed by atoms with van der Waals surface area (Å²) in [5.41, 5.74) is 6.72. The molecule has 84 valence electrons. The minimum atomic E-state index is -0.0499. The fourth-order valence-electron chi connectivity index (χ4n) is 1.32. The van der Waals surface area contributed by atoms with Crippen LogP contribution < -0.4 is 5.73 Å². The average Bonchev–Trinajstić information content (AvgIpc) is 2.18. The highest BCUT2D eigenvalue weighted by molar-refractivity contribution is 6.30. The van der Waals surface area contributed by atoms with Crippen LogP contribution in [0.1, 0.15) is 25.5 Å². The van der Waals surface area contributed by atoms with Crippen LogP contribution in [0, 0.1) is 5.92 Å². The maximum Gasteiger partial charge on any atom is 0.0947 e. The van der Waals surface area contributed by atoms with Crippen LogP contribution in [0.3, 0.4) is 0 Å². The number of ether oxygens (including phenoxy) is 1. The topological polar surface area (TPSA) is 35.2 Å². The number of hydrogen-bond donors (Lipinski definition) is 1. The van der Waals surface area contributed by atoms with E-state index in [-0.39, 0.29) is 6.10 Å². The minimum absolute atomic E-state index is 0.0499. The van der Waals surface area contributed by atoms with Gasteiger partial charge in [-0.3, -0.25) is 0 Å². The second kappa shape index (κ2) is 6.11. The molecule has 0 saturated heterocycles. The molecule has 1 aromatic carbocycles. The Morgan fingerprint density at radius 3 is 2.67 bits per heavy atom. The molecule has 1 rings (SSSR count). The summed E-state index contributed by atoms with van der Waals surface area (Å²) in [5.74, 6) is 0.512. The van der Waals surface area contributed by atoms with E-state index in [9.17, 15) is 0 Å². The predicted octanol–water partition coefficient (Wildman–Crippen LogP) is 3.01. The third-order valence-electron chi connectivity index (χ3n) is 2.07. The summed E-state index contributed by atoms with van der Waals surface area (Å²) in [5, 5.41) is 0.721. The molecule has 0 fully saturated rings. The van der Waals surface area contributed by atoms with Gasteiger partial charge in [-0.15, -0.1) is 0 Å². The molecule has 0 heterocycles. The van der Waals surface area contributed by atoms with Crippen LogP contribution >= 0.6 is 11.6 Å². The zero-order chi connectivity index (χ0) is 11.3. The zero-order valence-electron chi connectivity index (χ0n) is 9.24. The van der Waals surface area contributed by atoms with E-state index in [2.05, 4.69) is 13.8 Å². The lowest BCUT2D eigenvalue weighted by molar-refractivity contribution is 0.0406. The van der Waals surface area contributed by atoms with Gasteiger partial charge < -0.3 is 10.5 Å². The summed E-state index contributed by atoms with van der Waals surface area (Å²) in [6.07, 6.45) is -0.0499. The highest BCUT2D eigenvalue weighted by Gasteiger charge is 2.10. The van der Waals surface area contributed by atoms with Gasteiger partial charge in [0.25, 0.3) is 0 Å². The van der Waals surface area contributed by atoms with Crippen molar-refractivity contribution in [3.8, 4) is 0 Å². The van der Waals surface area contributed by atoms with Crippen molar-refractivity contribution >= 4 is 11.6 Å². The lowest BCUT2D eigenvalue weighted by Crippen LogP contribution is -2.18. The molecule has 0 radical (unpaired) electrons. The summed E-state index contributed by atoms with van der Waals surface area (Å²) in [6, 6.07) is 7.66. The first kappa shape index (κ1) is 12.5. The van der Waals surface area contributed by atoms with Crippen LogP contribution in [0.15, 0.2) is 24.3 Å². The van der Waals surface area contributed by atoms with Crippen LogP contribution in [0.2, 0.25) is 5.02 Å². The molecule has 1 atom stereocenters. The van der Waals surface area contributed by atoms with Gasteiger partial charge in [-0.1, -0.05) is 37.6 Å². The Kier molecular flexibility index (Phi) is 5.09. The molecule has 0 spiro atoms. The Morgan fingerprint density at radius 1 is 1.40 bits per heavy atom. The van der Waals surface area contributed by atoms with E-state index in [4.69, 9.17) is 22.1 Å². The standard InChI is InChI=1S/C12H18ClNO/c1-9(2)8-15-12(7-14)10-4-3-5-11(13)6-10/h3-6,9,12H,7-8,14H2,1-2H3. The Labute approximate surface area is 96.4 Å². The van der Waals surface area contributed by atoms with Gasteiger partial charge >= 0.3 is 0 Å². The number of nitrogens with two attached hydrogens (primary N) is 1. The smallest absolute Gasteiger partial charge is 0.0947 e. The van der Waals surface area contributed by atoms with Crippen molar-refractivity contribution in [3.63, 3.8) is 0 Å². The fraction of sp³-hybridized carbons (Fsp3) is 0.500. The SMILES string of the molecule is CC(C)COC(CN)c1cccc(Cl)c1. The highest BCUT2D eigenvalue weighted by Crippen LogP contribution is 2.20. The quantitative estimate of drug-likeness (QED) is 0.840. The van der Waals surface area contributed by atoms with E-state index in [0.717, 1.165) is 10.6 Å². The maximum absolute atomic E-state index is 5.91. The van der Waals surface area contributed by atoms with Gasteiger partial charge in [0.1, 0.15) is 0 Å². The maximum atomic E-state index is 5.91. The summed E-state index contributed by atoms with van der Waals surface area (Å²) in [6.45, 7) is 5.43. The van der Waals surface area contributed by atoms with Crippen molar-refractivity contribution < 1.29 is 4.74 Å². The molecule has 0 aromatic heterocycles. The van der Waals surface area contributed by atoms with Gasteiger partial charge in [0.2, 0.25) is 0 Å².